The number of rotatable bonds is 1. The molecule has 118 valence electrons. The molecule has 0 heterocycles. The molecule has 0 nitrogen and oxygen atoms in total. The predicted molar refractivity (Wildman–Crippen MR) is 105 cm³/mol. The SMILES string of the molecule is Cc1c(C)c(-c2c(C)c(C)c(Br)c(C)c2C)c(C)c(C)c1Br. The van der Waals surface area contributed by atoms with E-state index in [1.165, 1.54) is 64.6 Å². The van der Waals surface area contributed by atoms with Gasteiger partial charge in [-0.2, -0.15) is 0 Å². The summed E-state index contributed by atoms with van der Waals surface area (Å²) >= 11 is 7.52. The lowest BCUT2D eigenvalue weighted by Crippen LogP contribution is -2.03. The molecule has 22 heavy (non-hydrogen) atoms. The van der Waals surface area contributed by atoms with Gasteiger partial charge in [0.15, 0.2) is 0 Å². The first-order valence-corrected chi connectivity index (χ1v) is 9.21. The third-order valence-corrected chi connectivity index (χ3v) is 7.70. The van der Waals surface area contributed by atoms with Gasteiger partial charge in [0.1, 0.15) is 0 Å². The van der Waals surface area contributed by atoms with E-state index in [0.29, 0.717) is 0 Å². The standard InChI is InChI=1S/C20H24Br2/c1-9-13(5)19(21)14(6)10(2)17(9)18-11(3)15(7)20(22)16(8)12(18)4/h1-8H3. The topological polar surface area (TPSA) is 0 Å². The Bertz CT molecular complexity index is 658. The van der Waals surface area contributed by atoms with Crippen molar-refractivity contribution < 1.29 is 0 Å². The molecule has 0 saturated heterocycles. The maximum absolute atomic E-state index is 3.76. The van der Waals surface area contributed by atoms with Gasteiger partial charge in [0.05, 0.1) is 0 Å². The van der Waals surface area contributed by atoms with Gasteiger partial charge in [0.25, 0.3) is 0 Å². The van der Waals surface area contributed by atoms with E-state index in [1.807, 2.05) is 0 Å². The molecule has 0 aromatic heterocycles. The van der Waals surface area contributed by atoms with Crippen molar-refractivity contribution in [3.8, 4) is 11.1 Å². The van der Waals surface area contributed by atoms with Gasteiger partial charge in [-0.15, -0.1) is 0 Å². The molecular weight excluding hydrogens is 400 g/mol. The van der Waals surface area contributed by atoms with Crippen molar-refractivity contribution in [3.05, 3.63) is 53.5 Å². The van der Waals surface area contributed by atoms with Crippen LogP contribution in [0.4, 0.5) is 0 Å². The van der Waals surface area contributed by atoms with Crippen LogP contribution in [-0.2, 0) is 0 Å². The van der Waals surface area contributed by atoms with E-state index in [-0.39, 0.29) is 0 Å². The van der Waals surface area contributed by atoms with Gasteiger partial charge in [0.2, 0.25) is 0 Å². The van der Waals surface area contributed by atoms with E-state index in [2.05, 4.69) is 87.2 Å². The number of benzene rings is 2. The van der Waals surface area contributed by atoms with Crippen LogP contribution in [0.25, 0.3) is 11.1 Å². The maximum Gasteiger partial charge on any atom is 0.0239 e. The highest BCUT2D eigenvalue weighted by Gasteiger charge is 2.20. The summed E-state index contributed by atoms with van der Waals surface area (Å²) in [5.41, 5.74) is 13.7. The van der Waals surface area contributed by atoms with Gasteiger partial charge in [-0.05, 0) is 111 Å². The fraction of sp³-hybridized carbons (Fsp3) is 0.400. The van der Waals surface area contributed by atoms with E-state index in [0.717, 1.165) is 0 Å². The lowest BCUT2D eigenvalue weighted by Gasteiger charge is -2.24. The monoisotopic (exact) mass is 422 g/mol. The summed E-state index contributed by atoms with van der Waals surface area (Å²) in [6.07, 6.45) is 0. The Morgan fingerprint density at radius 2 is 0.545 bits per heavy atom. The van der Waals surface area contributed by atoms with Crippen LogP contribution in [0, 0.1) is 55.4 Å². The first kappa shape index (κ1) is 17.7. The van der Waals surface area contributed by atoms with Crippen molar-refractivity contribution in [2.24, 2.45) is 0 Å². The minimum atomic E-state index is 1.24. The average molecular weight is 424 g/mol. The lowest BCUT2D eigenvalue weighted by molar-refractivity contribution is 1.18. The van der Waals surface area contributed by atoms with Gasteiger partial charge in [-0.25, -0.2) is 0 Å². The molecule has 0 aliphatic heterocycles. The molecule has 2 aromatic carbocycles. The molecule has 0 amide bonds. The summed E-state index contributed by atoms with van der Waals surface area (Å²) in [5, 5.41) is 0. The molecule has 0 aliphatic rings. The van der Waals surface area contributed by atoms with Crippen molar-refractivity contribution in [1.82, 2.24) is 0 Å². The second-order valence-corrected chi connectivity index (χ2v) is 7.96. The maximum atomic E-state index is 3.76. The molecular formula is C20H24Br2. The smallest absolute Gasteiger partial charge is 0.0239 e. The van der Waals surface area contributed by atoms with Crippen molar-refractivity contribution in [2.75, 3.05) is 0 Å². The van der Waals surface area contributed by atoms with E-state index in [1.54, 1.807) is 0 Å². The van der Waals surface area contributed by atoms with E-state index < -0.39 is 0 Å². The van der Waals surface area contributed by atoms with Gasteiger partial charge >= 0.3 is 0 Å². The van der Waals surface area contributed by atoms with Crippen LogP contribution in [-0.4, -0.2) is 0 Å². The Kier molecular flexibility index (Phi) is 4.94. The summed E-state index contributed by atoms with van der Waals surface area (Å²) in [4.78, 5) is 0. The van der Waals surface area contributed by atoms with Gasteiger partial charge in [-0.1, -0.05) is 31.9 Å². The van der Waals surface area contributed by atoms with Gasteiger partial charge < -0.3 is 0 Å². The Balaban J connectivity index is 3.03. The van der Waals surface area contributed by atoms with Crippen molar-refractivity contribution >= 4 is 31.9 Å². The van der Waals surface area contributed by atoms with Gasteiger partial charge in [0, 0.05) is 8.95 Å². The predicted octanol–water partition coefficient (Wildman–Crippen LogP) is 7.35. The molecule has 2 aromatic rings. The number of hydrogen-bond donors (Lipinski definition) is 0. The van der Waals surface area contributed by atoms with E-state index in [9.17, 15) is 0 Å². The largest absolute Gasteiger partial charge is 0.0502 e. The van der Waals surface area contributed by atoms with Crippen LogP contribution in [0.2, 0.25) is 0 Å². The minimum Gasteiger partial charge on any atom is -0.0502 e. The highest BCUT2D eigenvalue weighted by atomic mass is 79.9. The van der Waals surface area contributed by atoms with Gasteiger partial charge in [-0.3, -0.25) is 0 Å². The summed E-state index contributed by atoms with van der Waals surface area (Å²) < 4.78 is 2.49. The fourth-order valence-corrected chi connectivity index (χ4v) is 4.47. The summed E-state index contributed by atoms with van der Waals surface area (Å²) in [6.45, 7) is 17.8. The first-order chi connectivity index (χ1) is 10.1. The first-order valence-electron chi connectivity index (χ1n) is 7.63. The second kappa shape index (κ2) is 6.13. The third-order valence-electron chi connectivity index (χ3n) is 5.32. The minimum absolute atomic E-state index is 1.24. The van der Waals surface area contributed by atoms with Crippen molar-refractivity contribution in [2.45, 2.75) is 55.4 Å². The molecule has 0 bridgehead atoms. The number of hydrogen-bond acceptors (Lipinski definition) is 0. The molecule has 2 heteroatoms. The van der Waals surface area contributed by atoms with Crippen molar-refractivity contribution in [1.29, 1.82) is 0 Å². The molecule has 2 rings (SSSR count). The summed E-state index contributed by atoms with van der Waals surface area (Å²) in [5.74, 6) is 0. The highest BCUT2D eigenvalue weighted by molar-refractivity contribution is 9.10. The molecule has 0 N–H and O–H groups in total. The Labute approximate surface area is 151 Å². The zero-order valence-electron chi connectivity index (χ0n) is 14.8. The third kappa shape index (κ3) is 2.49. The zero-order chi connectivity index (χ0) is 16.9. The van der Waals surface area contributed by atoms with Crippen LogP contribution in [0.15, 0.2) is 8.95 Å². The second-order valence-electron chi connectivity index (χ2n) is 6.38. The lowest BCUT2D eigenvalue weighted by atomic mass is 9.83. The van der Waals surface area contributed by atoms with Crippen LogP contribution in [0.3, 0.4) is 0 Å². The van der Waals surface area contributed by atoms with Crippen LogP contribution in [0.1, 0.15) is 44.5 Å². The summed E-state index contributed by atoms with van der Waals surface area (Å²) in [6, 6.07) is 0. The quantitative estimate of drug-likeness (QED) is 0.449. The molecule has 0 fully saturated rings. The van der Waals surface area contributed by atoms with Crippen LogP contribution < -0.4 is 0 Å². The number of halogens is 2. The Hall–Kier alpha value is -0.600. The van der Waals surface area contributed by atoms with Crippen LogP contribution >= 0.6 is 31.9 Å². The average Bonchev–Trinajstić information content (AvgIpc) is 2.50. The van der Waals surface area contributed by atoms with Crippen LogP contribution in [0.5, 0.6) is 0 Å². The molecule has 0 unspecified atom stereocenters. The molecule has 0 radical (unpaired) electrons. The van der Waals surface area contributed by atoms with Crippen molar-refractivity contribution in [3.63, 3.8) is 0 Å². The molecule has 0 saturated carbocycles. The molecule has 0 atom stereocenters. The Morgan fingerprint density at radius 3 is 0.727 bits per heavy atom. The van der Waals surface area contributed by atoms with E-state index in [4.69, 9.17) is 0 Å². The molecule has 0 spiro atoms. The molecule has 0 aliphatic carbocycles. The zero-order valence-corrected chi connectivity index (χ0v) is 17.9. The summed E-state index contributed by atoms with van der Waals surface area (Å²) in [7, 11) is 0. The highest BCUT2D eigenvalue weighted by Crippen LogP contribution is 2.42. The normalized spacial score (nSPS) is 11.2. The van der Waals surface area contributed by atoms with E-state index >= 15 is 0 Å². The fourth-order valence-electron chi connectivity index (χ4n) is 3.28. The Morgan fingerprint density at radius 1 is 0.364 bits per heavy atom.